The fourth-order valence-electron chi connectivity index (χ4n) is 1.45. The molecule has 0 heterocycles. The second-order valence-electron chi connectivity index (χ2n) is 3.64. The Bertz CT molecular complexity index is 364. The van der Waals surface area contributed by atoms with Crippen LogP contribution in [0.25, 0.3) is 0 Å². The average molecular weight is 247 g/mol. The van der Waals surface area contributed by atoms with Crippen LogP contribution < -0.4 is 0 Å². The Morgan fingerprint density at radius 1 is 1.47 bits per heavy atom. The van der Waals surface area contributed by atoms with E-state index in [2.05, 4.69) is 0 Å². The van der Waals surface area contributed by atoms with E-state index in [4.69, 9.17) is 28.3 Å². The molecule has 1 aromatic rings. The molecule has 0 bridgehead atoms. The highest BCUT2D eigenvalue weighted by atomic mass is 35.5. The summed E-state index contributed by atoms with van der Waals surface area (Å²) in [6.07, 6.45) is 0.772. The van der Waals surface area contributed by atoms with E-state index in [1.54, 1.807) is 18.2 Å². The lowest BCUT2D eigenvalue weighted by Gasteiger charge is -2.10. The molecule has 1 rings (SSSR count). The highest BCUT2D eigenvalue weighted by Gasteiger charge is 2.10. The summed E-state index contributed by atoms with van der Waals surface area (Å²) in [6, 6.07) is 5.23. The van der Waals surface area contributed by atoms with Crippen molar-refractivity contribution in [3.8, 4) is 0 Å². The number of rotatable bonds is 4. The first kappa shape index (κ1) is 12.3. The molecule has 1 N–H and O–H groups in total. The number of hydrogen-bond donors (Lipinski definition) is 1. The monoisotopic (exact) mass is 246 g/mol. The molecule has 0 radical (unpaired) electrons. The third-order valence-electron chi connectivity index (χ3n) is 2.10. The topological polar surface area (TPSA) is 37.3 Å². The Kier molecular flexibility index (Phi) is 4.43. The molecule has 0 aliphatic carbocycles. The molecule has 0 saturated carbocycles. The van der Waals surface area contributed by atoms with Crippen LogP contribution in [-0.2, 0) is 11.2 Å². The van der Waals surface area contributed by atoms with E-state index < -0.39 is 5.97 Å². The molecule has 0 aliphatic heterocycles. The van der Waals surface area contributed by atoms with Crippen molar-refractivity contribution < 1.29 is 9.90 Å². The predicted molar refractivity (Wildman–Crippen MR) is 61.6 cm³/mol. The molecule has 4 heteroatoms. The number of carboxylic acids is 1. The highest BCUT2D eigenvalue weighted by molar-refractivity contribution is 6.33. The summed E-state index contributed by atoms with van der Waals surface area (Å²) in [5, 5.41) is 9.88. The second-order valence-corrected chi connectivity index (χ2v) is 4.49. The average Bonchev–Trinajstić information content (AvgIpc) is 2.10. The number of carboxylic acid groups (broad SMARTS) is 1. The Morgan fingerprint density at radius 2 is 2.13 bits per heavy atom. The van der Waals surface area contributed by atoms with E-state index in [0.717, 1.165) is 5.56 Å². The van der Waals surface area contributed by atoms with Crippen LogP contribution >= 0.6 is 23.2 Å². The van der Waals surface area contributed by atoms with Gasteiger partial charge in [-0.1, -0.05) is 30.1 Å². The van der Waals surface area contributed by atoms with Crippen molar-refractivity contribution in [3.63, 3.8) is 0 Å². The van der Waals surface area contributed by atoms with Crippen LogP contribution in [0.3, 0.4) is 0 Å². The number of halogens is 2. The lowest BCUT2D eigenvalue weighted by molar-refractivity contribution is -0.137. The van der Waals surface area contributed by atoms with E-state index in [1.807, 2.05) is 6.92 Å². The number of carbonyl (C=O) groups is 1. The zero-order chi connectivity index (χ0) is 11.4. The maximum absolute atomic E-state index is 10.5. The van der Waals surface area contributed by atoms with Crippen molar-refractivity contribution in [3.05, 3.63) is 33.8 Å². The minimum absolute atomic E-state index is 0.0541. The Morgan fingerprint density at radius 3 is 2.73 bits per heavy atom. The van der Waals surface area contributed by atoms with Gasteiger partial charge in [0.25, 0.3) is 0 Å². The third-order valence-corrected chi connectivity index (χ3v) is 2.70. The summed E-state index contributed by atoms with van der Waals surface area (Å²) in [6.45, 7) is 1.88. The van der Waals surface area contributed by atoms with E-state index in [1.165, 1.54) is 0 Å². The first-order chi connectivity index (χ1) is 6.99. The molecule has 1 atom stereocenters. The van der Waals surface area contributed by atoms with Crippen molar-refractivity contribution in [2.45, 2.75) is 19.8 Å². The lowest BCUT2D eigenvalue weighted by atomic mass is 9.98. The molecule has 2 nitrogen and oxygen atoms in total. The van der Waals surface area contributed by atoms with Crippen molar-refractivity contribution in [1.82, 2.24) is 0 Å². The van der Waals surface area contributed by atoms with Crippen molar-refractivity contribution in [1.29, 1.82) is 0 Å². The largest absolute Gasteiger partial charge is 0.481 e. The smallest absolute Gasteiger partial charge is 0.303 e. The highest BCUT2D eigenvalue weighted by Crippen LogP contribution is 2.24. The maximum atomic E-state index is 10.5. The molecule has 82 valence electrons. The fourth-order valence-corrected chi connectivity index (χ4v) is 1.83. The van der Waals surface area contributed by atoms with Crippen molar-refractivity contribution in [2.75, 3.05) is 0 Å². The summed E-state index contributed by atoms with van der Waals surface area (Å²) < 4.78 is 0. The first-order valence-corrected chi connectivity index (χ1v) is 5.40. The minimum atomic E-state index is -0.791. The quantitative estimate of drug-likeness (QED) is 0.881. The van der Waals surface area contributed by atoms with Crippen LogP contribution in [0.2, 0.25) is 10.0 Å². The lowest BCUT2D eigenvalue weighted by Crippen LogP contribution is -2.07. The van der Waals surface area contributed by atoms with Gasteiger partial charge in [0.1, 0.15) is 0 Å². The fraction of sp³-hybridized carbons (Fsp3) is 0.364. The number of aliphatic carboxylic acids is 1. The van der Waals surface area contributed by atoms with Gasteiger partial charge < -0.3 is 5.11 Å². The van der Waals surface area contributed by atoms with Gasteiger partial charge in [-0.05, 0) is 36.1 Å². The summed E-state index contributed by atoms with van der Waals surface area (Å²) >= 11 is 11.8. The summed E-state index contributed by atoms with van der Waals surface area (Å²) in [5.74, 6) is -0.737. The molecule has 1 unspecified atom stereocenters. The van der Waals surface area contributed by atoms with E-state index in [-0.39, 0.29) is 12.3 Å². The zero-order valence-electron chi connectivity index (χ0n) is 8.34. The van der Waals surface area contributed by atoms with E-state index in [0.29, 0.717) is 16.5 Å². The van der Waals surface area contributed by atoms with Gasteiger partial charge in [0.15, 0.2) is 0 Å². The Hall–Kier alpha value is -0.730. The molecular weight excluding hydrogens is 235 g/mol. The summed E-state index contributed by atoms with van der Waals surface area (Å²) in [4.78, 5) is 10.5. The minimum Gasteiger partial charge on any atom is -0.481 e. The van der Waals surface area contributed by atoms with Crippen molar-refractivity contribution >= 4 is 29.2 Å². The van der Waals surface area contributed by atoms with Gasteiger partial charge in [-0.3, -0.25) is 4.79 Å². The van der Waals surface area contributed by atoms with Gasteiger partial charge in [-0.25, -0.2) is 0 Å². The van der Waals surface area contributed by atoms with Crippen molar-refractivity contribution in [2.24, 2.45) is 5.92 Å². The molecule has 0 saturated heterocycles. The van der Waals surface area contributed by atoms with Crippen LogP contribution in [-0.4, -0.2) is 11.1 Å². The van der Waals surface area contributed by atoms with Crippen LogP contribution in [0.1, 0.15) is 18.9 Å². The van der Waals surface area contributed by atoms with Gasteiger partial charge in [0.2, 0.25) is 0 Å². The molecule has 0 fully saturated rings. The normalized spacial score (nSPS) is 12.5. The van der Waals surface area contributed by atoms with Gasteiger partial charge >= 0.3 is 5.97 Å². The molecule has 0 aliphatic rings. The molecule has 0 spiro atoms. The SMILES string of the molecule is CC(CC(=O)O)Cc1cc(Cl)ccc1Cl. The second kappa shape index (κ2) is 5.38. The van der Waals surface area contributed by atoms with Gasteiger partial charge in [0.05, 0.1) is 0 Å². The first-order valence-electron chi connectivity index (χ1n) is 4.64. The van der Waals surface area contributed by atoms with Crippen LogP contribution in [0.15, 0.2) is 18.2 Å². The Labute approximate surface area is 98.8 Å². The third kappa shape index (κ3) is 4.10. The van der Waals surface area contributed by atoms with Crippen LogP contribution in [0.5, 0.6) is 0 Å². The van der Waals surface area contributed by atoms with E-state index in [9.17, 15) is 4.79 Å². The van der Waals surface area contributed by atoms with Gasteiger partial charge in [-0.15, -0.1) is 0 Å². The Balaban J connectivity index is 2.71. The van der Waals surface area contributed by atoms with Crippen LogP contribution in [0.4, 0.5) is 0 Å². The standard InChI is InChI=1S/C11H12Cl2O2/c1-7(5-11(14)15)4-8-6-9(12)2-3-10(8)13/h2-3,6-7H,4-5H2,1H3,(H,14,15). The maximum Gasteiger partial charge on any atom is 0.303 e. The van der Waals surface area contributed by atoms with Gasteiger partial charge in [0, 0.05) is 16.5 Å². The molecule has 0 aromatic heterocycles. The summed E-state index contributed by atoms with van der Waals surface area (Å²) in [5.41, 5.74) is 0.901. The summed E-state index contributed by atoms with van der Waals surface area (Å²) in [7, 11) is 0. The zero-order valence-corrected chi connectivity index (χ0v) is 9.85. The number of benzene rings is 1. The predicted octanol–water partition coefficient (Wildman–Crippen LogP) is 3.65. The molecule has 0 amide bonds. The molecule has 1 aromatic carbocycles. The van der Waals surface area contributed by atoms with Crippen LogP contribution in [0, 0.1) is 5.92 Å². The van der Waals surface area contributed by atoms with E-state index >= 15 is 0 Å². The molecule has 15 heavy (non-hydrogen) atoms. The number of hydrogen-bond acceptors (Lipinski definition) is 1. The molecular formula is C11H12Cl2O2. The van der Waals surface area contributed by atoms with Gasteiger partial charge in [-0.2, -0.15) is 0 Å².